The van der Waals surface area contributed by atoms with Crippen molar-refractivity contribution in [3.8, 4) is 0 Å². The monoisotopic (exact) mass is 142 g/mol. The van der Waals surface area contributed by atoms with Crippen LogP contribution >= 0.6 is 0 Å². The molecule has 0 aromatic carbocycles. The number of aliphatic hydroxyl groups is 1. The van der Waals surface area contributed by atoms with Crippen LogP contribution in [0.3, 0.4) is 0 Å². The van der Waals surface area contributed by atoms with Gasteiger partial charge in [-0.25, -0.2) is 0 Å². The third kappa shape index (κ3) is 5.83. The van der Waals surface area contributed by atoms with Crippen molar-refractivity contribution in [2.75, 3.05) is 6.61 Å². The molecule has 0 radical (unpaired) electrons. The molecule has 0 aliphatic heterocycles. The van der Waals surface area contributed by atoms with E-state index >= 15 is 0 Å². The van der Waals surface area contributed by atoms with E-state index in [-0.39, 0.29) is 6.61 Å². The van der Waals surface area contributed by atoms with E-state index in [0.29, 0.717) is 0 Å². The van der Waals surface area contributed by atoms with Crippen molar-refractivity contribution < 1.29 is 5.11 Å². The lowest BCUT2D eigenvalue weighted by Gasteiger charge is -2.03. The summed E-state index contributed by atoms with van der Waals surface area (Å²) in [5.41, 5.74) is 1.30. The van der Waals surface area contributed by atoms with Gasteiger partial charge < -0.3 is 5.11 Å². The minimum atomic E-state index is 0.184. The Morgan fingerprint density at radius 2 is 2.10 bits per heavy atom. The second-order valence-corrected chi connectivity index (χ2v) is 3.17. The Morgan fingerprint density at radius 1 is 1.50 bits per heavy atom. The van der Waals surface area contributed by atoms with Crippen LogP contribution in [0.25, 0.3) is 0 Å². The minimum Gasteiger partial charge on any atom is -0.392 e. The molecule has 0 aromatic heterocycles. The van der Waals surface area contributed by atoms with Crippen LogP contribution in [0.2, 0.25) is 0 Å². The lowest BCUT2D eigenvalue weighted by Crippen LogP contribution is -1.88. The molecule has 0 atom stereocenters. The van der Waals surface area contributed by atoms with Gasteiger partial charge in [-0.15, -0.1) is 0 Å². The van der Waals surface area contributed by atoms with Gasteiger partial charge in [-0.3, -0.25) is 0 Å². The summed E-state index contributed by atoms with van der Waals surface area (Å²) in [6, 6.07) is 0. The van der Waals surface area contributed by atoms with E-state index in [4.69, 9.17) is 5.11 Å². The van der Waals surface area contributed by atoms with E-state index in [9.17, 15) is 0 Å². The number of rotatable bonds is 4. The highest BCUT2D eigenvalue weighted by molar-refractivity contribution is 4.97. The first-order chi connectivity index (χ1) is 4.66. The molecule has 1 nitrogen and oxygen atoms in total. The number of hydrogen-bond donors (Lipinski definition) is 1. The highest BCUT2D eigenvalue weighted by atomic mass is 16.2. The zero-order chi connectivity index (χ0) is 7.98. The highest BCUT2D eigenvalue weighted by Gasteiger charge is 1.93. The van der Waals surface area contributed by atoms with Crippen molar-refractivity contribution in [3.05, 3.63) is 11.6 Å². The molecule has 0 fully saturated rings. The van der Waals surface area contributed by atoms with Crippen LogP contribution < -0.4 is 0 Å². The average Bonchev–Trinajstić information content (AvgIpc) is 1.85. The van der Waals surface area contributed by atoms with Gasteiger partial charge in [-0.2, -0.15) is 0 Å². The molecule has 0 bridgehead atoms. The Labute approximate surface area is 63.8 Å². The van der Waals surface area contributed by atoms with Gasteiger partial charge in [-0.1, -0.05) is 25.5 Å². The van der Waals surface area contributed by atoms with Crippen molar-refractivity contribution >= 4 is 0 Å². The van der Waals surface area contributed by atoms with Gasteiger partial charge in [0.25, 0.3) is 0 Å². The summed E-state index contributed by atoms with van der Waals surface area (Å²) in [5.74, 6) is 0.766. The van der Waals surface area contributed by atoms with Crippen molar-refractivity contribution in [1.29, 1.82) is 0 Å². The molecule has 0 aromatic rings. The predicted octanol–water partition coefficient (Wildman–Crippen LogP) is 2.36. The maximum atomic E-state index is 8.53. The fourth-order valence-corrected chi connectivity index (χ4v) is 0.774. The molecule has 60 valence electrons. The van der Waals surface area contributed by atoms with E-state index in [1.165, 1.54) is 12.0 Å². The quantitative estimate of drug-likeness (QED) is 0.597. The molecule has 0 rings (SSSR count). The molecular formula is C9H18O. The van der Waals surface area contributed by atoms with Crippen LogP contribution in [0.1, 0.15) is 33.6 Å². The maximum absolute atomic E-state index is 8.53. The lowest BCUT2D eigenvalue weighted by atomic mass is 10.0. The van der Waals surface area contributed by atoms with E-state index < -0.39 is 0 Å². The molecule has 0 aliphatic rings. The Bertz CT molecular complexity index is 103. The second-order valence-electron chi connectivity index (χ2n) is 3.17. The van der Waals surface area contributed by atoms with Crippen LogP contribution in [0, 0.1) is 5.92 Å². The van der Waals surface area contributed by atoms with Gasteiger partial charge in [0.1, 0.15) is 0 Å². The Balaban J connectivity index is 3.39. The standard InChI is InChI=1S/C9H18O/c1-8(2)4-5-9(3)6-7-10/h6,8,10H,4-5,7H2,1-3H3/b9-6+. The van der Waals surface area contributed by atoms with E-state index in [0.717, 1.165) is 12.3 Å². The maximum Gasteiger partial charge on any atom is 0.0614 e. The first kappa shape index (κ1) is 9.70. The zero-order valence-electron chi connectivity index (χ0n) is 7.22. The summed E-state index contributed by atoms with van der Waals surface area (Å²) in [6.07, 6.45) is 4.23. The first-order valence-electron chi connectivity index (χ1n) is 3.93. The van der Waals surface area contributed by atoms with Crippen molar-refractivity contribution in [1.82, 2.24) is 0 Å². The zero-order valence-corrected chi connectivity index (χ0v) is 7.22. The SMILES string of the molecule is C/C(=C\CO)CCC(C)C. The van der Waals surface area contributed by atoms with Gasteiger partial charge >= 0.3 is 0 Å². The summed E-state index contributed by atoms with van der Waals surface area (Å²) in [5, 5.41) is 8.53. The summed E-state index contributed by atoms with van der Waals surface area (Å²) < 4.78 is 0. The first-order valence-corrected chi connectivity index (χ1v) is 3.93. The molecule has 0 amide bonds. The van der Waals surface area contributed by atoms with Gasteiger partial charge in [0, 0.05) is 0 Å². The highest BCUT2D eigenvalue weighted by Crippen LogP contribution is 2.09. The van der Waals surface area contributed by atoms with Crippen molar-refractivity contribution in [2.24, 2.45) is 5.92 Å². The molecular weight excluding hydrogens is 124 g/mol. The van der Waals surface area contributed by atoms with Gasteiger partial charge in [0.15, 0.2) is 0 Å². The summed E-state index contributed by atoms with van der Waals surface area (Å²) in [7, 11) is 0. The Hall–Kier alpha value is -0.300. The third-order valence-corrected chi connectivity index (χ3v) is 1.56. The third-order valence-electron chi connectivity index (χ3n) is 1.56. The smallest absolute Gasteiger partial charge is 0.0614 e. The number of aliphatic hydroxyl groups excluding tert-OH is 1. The number of allylic oxidation sites excluding steroid dienone is 1. The molecule has 0 saturated carbocycles. The Morgan fingerprint density at radius 3 is 2.50 bits per heavy atom. The van der Waals surface area contributed by atoms with Crippen molar-refractivity contribution in [2.45, 2.75) is 33.6 Å². The minimum absolute atomic E-state index is 0.184. The normalized spacial score (nSPS) is 12.7. The molecule has 1 heteroatoms. The van der Waals surface area contributed by atoms with Crippen LogP contribution in [0.4, 0.5) is 0 Å². The molecule has 0 saturated heterocycles. The molecule has 1 N–H and O–H groups in total. The van der Waals surface area contributed by atoms with Crippen molar-refractivity contribution in [3.63, 3.8) is 0 Å². The topological polar surface area (TPSA) is 20.2 Å². The predicted molar refractivity (Wildman–Crippen MR) is 44.9 cm³/mol. The fourth-order valence-electron chi connectivity index (χ4n) is 0.774. The van der Waals surface area contributed by atoms with Crippen LogP contribution in [0.15, 0.2) is 11.6 Å². The van der Waals surface area contributed by atoms with Gasteiger partial charge in [0.05, 0.1) is 6.61 Å². The molecule has 0 heterocycles. The summed E-state index contributed by atoms with van der Waals surface area (Å²) in [4.78, 5) is 0. The van der Waals surface area contributed by atoms with E-state index in [1.807, 2.05) is 6.08 Å². The number of hydrogen-bond acceptors (Lipinski definition) is 1. The molecule has 0 aliphatic carbocycles. The lowest BCUT2D eigenvalue weighted by molar-refractivity contribution is 0.341. The average molecular weight is 142 g/mol. The Kier molecular flexibility index (Phi) is 5.32. The van der Waals surface area contributed by atoms with Gasteiger partial charge in [0.2, 0.25) is 0 Å². The van der Waals surface area contributed by atoms with E-state index in [2.05, 4.69) is 20.8 Å². The van der Waals surface area contributed by atoms with Gasteiger partial charge in [-0.05, 0) is 25.7 Å². The van der Waals surface area contributed by atoms with E-state index in [1.54, 1.807) is 0 Å². The summed E-state index contributed by atoms with van der Waals surface area (Å²) in [6.45, 7) is 6.68. The van der Waals surface area contributed by atoms with Crippen LogP contribution in [-0.2, 0) is 0 Å². The van der Waals surface area contributed by atoms with Crippen LogP contribution in [0.5, 0.6) is 0 Å². The summed E-state index contributed by atoms with van der Waals surface area (Å²) >= 11 is 0. The van der Waals surface area contributed by atoms with Crippen LogP contribution in [-0.4, -0.2) is 11.7 Å². The molecule has 0 unspecified atom stereocenters. The molecule has 0 spiro atoms. The largest absolute Gasteiger partial charge is 0.392 e. The second kappa shape index (κ2) is 5.48. The molecule has 10 heavy (non-hydrogen) atoms. The fraction of sp³-hybridized carbons (Fsp3) is 0.778.